The van der Waals surface area contributed by atoms with E-state index in [1.165, 1.54) is 4.90 Å². The van der Waals surface area contributed by atoms with E-state index in [1.54, 1.807) is 12.1 Å². The van der Waals surface area contributed by atoms with E-state index in [4.69, 9.17) is 0 Å². The van der Waals surface area contributed by atoms with Gasteiger partial charge in [-0.25, -0.2) is 0 Å². The summed E-state index contributed by atoms with van der Waals surface area (Å²) in [6.07, 6.45) is 0. The van der Waals surface area contributed by atoms with E-state index >= 15 is 0 Å². The molecule has 1 N–H and O–H groups in total. The molecule has 1 aromatic carbocycles. The lowest BCUT2D eigenvalue weighted by molar-refractivity contribution is -0.114. The fourth-order valence-electron chi connectivity index (χ4n) is 2.04. The Morgan fingerprint density at radius 2 is 2.16 bits per heavy atom. The van der Waals surface area contributed by atoms with Crippen molar-refractivity contribution in [2.24, 2.45) is 0 Å². The average Bonchev–Trinajstić information content (AvgIpc) is 2.63. The molecule has 1 aliphatic heterocycles. The first-order valence-corrected chi connectivity index (χ1v) is 6.87. The largest absolute Gasteiger partial charge is 0.313 e. The minimum atomic E-state index is -0.487. The summed E-state index contributed by atoms with van der Waals surface area (Å²) in [6.45, 7) is 7.78. The van der Waals surface area contributed by atoms with Crippen LogP contribution in [-0.2, 0) is 4.79 Å². The second kappa shape index (κ2) is 5.67. The molecular formula is C14H15BrN2O2. The smallest absolute Gasteiger partial charge is 0.299 e. The average molecular weight is 323 g/mol. The number of hydrogen-bond donors (Lipinski definition) is 1. The molecule has 0 saturated carbocycles. The first-order valence-electron chi connectivity index (χ1n) is 6.08. The van der Waals surface area contributed by atoms with Crippen LogP contribution in [0.3, 0.4) is 0 Å². The molecule has 0 saturated heterocycles. The van der Waals surface area contributed by atoms with E-state index in [0.717, 1.165) is 12.1 Å². The number of Topliss-reactive ketones (excluding diaryl/α,β-unsaturated/α-hetero) is 1. The van der Waals surface area contributed by atoms with Crippen molar-refractivity contribution in [3.8, 4) is 0 Å². The van der Waals surface area contributed by atoms with Gasteiger partial charge in [-0.2, -0.15) is 0 Å². The third kappa shape index (κ3) is 2.62. The van der Waals surface area contributed by atoms with Crippen molar-refractivity contribution in [1.82, 2.24) is 5.32 Å². The third-order valence-corrected chi connectivity index (χ3v) is 3.62. The first-order chi connectivity index (χ1) is 9.06. The van der Waals surface area contributed by atoms with E-state index in [9.17, 15) is 9.59 Å². The number of likely N-dealkylation sites (N-methyl/N-ethyl adjacent to an activating group) is 1. The lowest BCUT2D eigenvalue weighted by atomic mass is 10.1. The highest BCUT2D eigenvalue weighted by Crippen LogP contribution is 2.34. The molecule has 1 amide bonds. The minimum absolute atomic E-state index is 0.362. The summed E-state index contributed by atoms with van der Waals surface area (Å²) in [5.74, 6) is -0.946. The molecule has 0 fully saturated rings. The number of carbonyl (C=O) groups is 2. The number of nitrogens with zero attached hydrogens (tertiary/aromatic N) is 1. The van der Waals surface area contributed by atoms with E-state index in [1.807, 2.05) is 13.0 Å². The van der Waals surface area contributed by atoms with E-state index < -0.39 is 11.7 Å². The molecular weight excluding hydrogens is 308 g/mol. The summed E-state index contributed by atoms with van der Waals surface area (Å²) in [4.78, 5) is 25.5. The Labute approximate surface area is 120 Å². The molecule has 0 spiro atoms. The molecule has 1 aliphatic rings. The van der Waals surface area contributed by atoms with Gasteiger partial charge in [0, 0.05) is 17.6 Å². The van der Waals surface area contributed by atoms with Gasteiger partial charge < -0.3 is 10.2 Å². The molecule has 1 aromatic rings. The van der Waals surface area contributed by atoms with Crippen molar-refractivity contribution >= 4 is 33.3 Å². The second-order valence-corrected chi connectivity index (χ2v) is 5.24. The number of rotatable bonds is 5. The minimum Gasteiger partial charge on any atom is -0.313 e. The van der Waals surface area contributed by atoms with Crippen molar-refractivity contribution in [2.45, 2.75) is 6.92 Å². The zero-order chi connectivity index (χ0) is 14.0. The highest BCUT2D eigenvalue weighted by atomic mass is 79.9. The fourth-order valence-corrected chi connectivity index (χ4v) is 2.58. The highest BCUT2D eigenvalue weighted by Gasteiger charge is 2.37. The van der Waals surface area contributed by atoms with Crippen LogP contribution in [0.5, 0.6) is 0 Å². The van der Waals surface area contributed by atoms with Gasteiger partial charge in [0.1, 0.15) is 0 Å². The van der Waals surface area contributed by atoms with Crippen molar-refractivity contribution in [1.29, 1.82) is 0 Å². The second-order valence-electron chi connectivity index (χ2n) is 4.38. The van der Waals surface area contributed by atoms with Gasteiger partial charge in [0.05, 0.1) is 11.3 Å². The van der Waals surface area contributed by atoms with Crippen LogP contribution in [-0.4, -0.2) is 31.3 Å². The number of halogens is 1. The molecule has 0 atom stereocenters. The number of hydrogen-bond acceptors (Lipinski definition) is 3. The molecule has 0 unspecified atom stereocenters. The monoisotopic (exact) mass is 322 g/mol. The SMILES string of the molecule is C=C(CNCC)CN1C(=O)C(=O)c2c(Br)cccc21. The van der Waals surface area contributed by atoms with Crippen LogP contribution in [0.2, 0.25) is 0 Å². The number of ketones is 1. The predicted molar refractivity (Wildman–Crippen MR) is 78.5 cm³/mol. The Hall–Kier alpha value is -1.46. The van der Waals surface area contributed by atoms with Crippen LogP contribution in [0.1, 0.15) is 17.3 Å². The molecule has 0 radical (unpaired) electrons. The van der Waals surface area contributed by atoms with Crippen LogP contribution in [0.4, 0.5) is 5.69 Å². The Kier molecular flexibility index (Phi) is 4.17. The number of benzene rings is 1. The quantitative estimate of drug-likeness (QED) is 0.667. The predicted octanol–water partition coefficient (Wildman–Crippen LogP) is 2.14. The number of nitrogens with one attached hydrogen (secondary N) is 1. The highest BCUT2D eigenvalue weighted by molar-refractivity contribution is 9.10. The topological polar surface area (TPSA) is 49.4 Å². The molecule has 0 aliphatic carbocycles. The van der Waals surface area contributed by atoms with Crippen LogP contribution >= 0.6 is 15.9 Å². The summed E-state index contributed by atoms with van der Waals surface area (Å²) < 4.78 is 0.656. The standard InChI is InChI=1S/C14H15BrN2O2/c1-3-16-7-9(2)8-17-11-6-4-5-10(15)12(11)13(18)14(17)19/h4-6,16H,2-3,7-8H2,1H3. The van der Waals surface area contributed by atoms with E-state index in [0.29, 0.717) is 28.8 Å². The van der Waals surface area contributed by atoms with Gasteiger partial charge >= 0.3 is 0 Å². The van der Waals surface area contributed by atoms with Crippen molar-refractivity contribution in [3.63, 3.8) is 0 Å². The number of anilines is 1. The molecule has 0 aromatic heterocycles. The Morgan fingerprint density at radius 1 is 1.42 bits per heavy atom. The Bertz CT molecular complexity index is 554. The number of amides is 1. The number of carbonyl (C=O) groups excluding carboxylic acids is 2. The summed E-state index contributed by atoms with van der Waals surface area (Å²) in [5.41, 5.74) is 1.97. The van der Waals surface area contributed by atoms with E-state index in [-0.39, 0.29) is 0 Å². The maximum atomic E-state index is 12.0. The fraction of sp³-hybridized carbons (Fsp3) is 0.286. The lowest BCUT2D eigenvalue weighted by Crippen LogP contribution is -2.33. The van der Waals surface area contributed by atoms with Crippen molar-refractivity contribution in [3.05, 3.63) is 40.4 Å². The lowest BCUT2D eigenvalue weighted by Gasteiger charge is -2.18. The van der Waals surface area contributed by atoms with Crippen LogP contribution in [0, 0.1) is 0 Å². The Morgan fingerprint density at radius 3 is 2.84 bits per heavy atom. The van der Waals surface area contributed by atoms with Crippen molar-refractivity contribution < 1.29 is 9.59 Å². The van der Waals surface area contributed by atoms with Crippen LogP contribution in [0.25, 0.3) is 0 Å². The summed E-state index contributed by atoms with van der Waals surface area (Å²) in [7, 11) is 0. The first kappa shape index (κ1) is 14.0. The normalized spacial score (nSPS) is 13.9. The molecule has 100 valence electrons. The van der Waals surface area contributed by atoms with Crippen molar-refractivity contribution in [2.75, 3.05) is 24.5 Å². The molecule has 0 bridgehead atoms. The molecule has 2 rings (SSSR count). The molecule has 5 heteroatoms. The summed E-state index contributed by atoms with van der Waals surface area (Å²) in [6, 6.07) is 5.36. The molecule has 1 heterocycles. The van der Waals surface area contributed by atoms with Gasteiger partial charge in [0.15, 0.2) is 0 Å². The van der Waals surface area contributed by atoms with Gasteiger partial charge in [0.2, 0.25) is 0 Å². The molecule has 19 heavy (non-hydrogen) atoms. The van der Waals surface area contributed by atoms with Crippen LogP contribution < -0.4 is 10.2 Å². The number of fused-ring (bicyclic) bond motifs is 1. The summed E-state index contributed by atoms with van der Waals surface area (Å²) in [5, 5.41) is 3.15. The van der Waals surface area contributed by atoms with Gasteiger partial charge in [-0.3, -0.25) is 9.59 Å². The zero-order valence-electron chi connectivity index (χ0n) is 10.7. The maximum absolute atomic E-state index is 12.0. The zero-order valence-corrected chi connectivity index (χ0v) is 12.3. The van der Waals surface area contributed by atoms with Gasteiger partial charge in [-0.1, -0.05) is 19.6 Å². The summed E-state index contributed by atoms with van der Waals surface area (Å²) >= 11 is 3.32. The molecule has 4 nitrogen and oxygen atoms in total. The van der Waals surface area contributed by atoms with Crippen LogP contribution in [0.15, 0.2) is 34.8 Å². The third-order valence-electron chi connectivity index (χ3n) is 2.96. The maximum Gasteiger partial charge on any atom is 0.299 e. The van der Waals surface area contributed by atoms with Gasteiger partial charge in [-0.05, 0) is 40.2 Å². The Balaban J connectivity index is 2.24. The van der Waals surface area contributed by atoms with Gasteiger partial charge in [-0.15, -0.1) is 0 Å². The van der Waals surface area contributed by atoms with E-state index in [2.05, 4.69) is 27.8 Å². The van der Waals surface area contributed by atoms with Gasteiger partial charge in [0.25, 0.3) is 11.7 Å².